The number of anilines is 1. The maximum Gasteiger partial charge on any atom is 0.321 e. The first-order valence-corrected chi connectivity index (χ1v) is 13.0. The van der Waals surface area contributed by atoms with Crippen molar-refractivity contribution in [2.24, 2.45) is 0 Å². The number of urea groups is 1. The standard InChI is InChI=1S/C24H28Cl2N4O3S/c1-33-21-5-3-2-4-19(21)28-23(32)30-12-9-24(10-13-30)29-20(15-34-24)22(31)27-11-8-16-6-7-17(25)14-18(16)26/h2-7,14,20,29H,8-13,15H2,1H3,(H,27,31)(H,28,32). The summed E-state index contributed by atoms with van der Waals surface area (Å²) < 4.78 is 5.31. The Morgan fingerprint density at radius 3 is 2.71 bits per heavy atom. The molecule has 0 aliphatic carbocycles. The van der Waals surface area contributed by atoms with E-state index in [1.165, 1.54) is 0 Å². The largest absolute Gasteiger partial charge is 0.495 e. The van der Waals surface area contributed by atoms with Gasteiger partial charge in [0, 0.05) is 35.4 Å². The second-order valence-electron chi connectivity index (χ2n) is 8.40. The highest BCUT2D eigenvalue weighted by Crippen LogP contribution is 2.39. The lowest BCUT2D eigenvalue weighted by molar-refractivity contribution is -0.122. The monoisotopic (exact) mass is 522 g/mol. The Labute approximate surface area is 213 Å². The number of hydrogen-bond donors (Lipinski definition) is 3. The highest BCUT2D eigenvalue weighted by atomic mass is 35.5. The Morgan fingerprint density at radius 2 is 1.97 bits per heavy atom. The maximum atomic E-state index is 12.7. The first kappa shape index (κ1) is 25.0. The van der Waals surface area contributed by atoms with E-state index in [1.807, 2.05) is 35.2 Å². The first-order valence-electron chi connectivity index (χ1n) is 11.2. The van der Waals surface area contributed by atoms with Crippen LogP contribution in [0.2, 0.25) is 10.0 Å². The van der Waals surface area contributed by atoms with E-state index < -0.39 is 0 Å². The van der Waals surface area contributed by atoms with Crippen LogP contribution < -0.4 is 20.7 Å². The Balaban J connectivity index is 1.23. The molecule has 0 aromatic heterocycles. The summed E-state index contributed by atoms with van der Waals surface area (Å²) in [5.41, 5.74) is 1.61. The molecular formula is C24H28Cl2N4O3S. The van der Waals surface area contributed by atoms with Crippen molar-refractivity contribution in [2.75, 3.05) is 37.8 Å². The van der Waals surface area contributed by atoms with Crippen LogP contribution in [0.3, 0.4) is 0 Å². The number of likely N-dealkylation sites (tertiary alicyclic amines) is 1. The molecule has 3 amide bonds. The minimum Gasteiger partial charge on any atom is -0.495 e. The molecule has 2 heterocycles. The van der Waals surface area contributed by atoms with Crippen molar-refractivity contribution in [3.05, 3.63) is 58.1 Å². The molecule has 0 bridgehead atoms. The van der Waals surface area contributed by atoms with E-state index in [1.54, 1.807) is 31.0 Å². The fourth-order valence-electron chi connectivity index (χ4n) is 4.25. The Bertz CT molecular complexity index is 1050. The number of methoxy groups -OCH3 is 1. The van der Waals surface area contributed by atoms with E-state index in [0.29, 0.717) is 53.3 Å². The highest BCUT2D eigenvalue weighted by molar-refractivity contribution is 8.01. The van der Waals surface area contributed by atoms with Crippen LogP contribution in [0.25, 0.3) is 0 Å². The van der Waals surface area contributed by atoms with Gasteiger partial charge < -0.3 is 20.3 Å². The number of benzene rings is 2. The molecule has 2 aromatic rings. The molecule has 3 N–H and O–H groups in total. The van der Waals surface area contributed by atoms with Gasteiger partial charge in [-0.3, -0.25) is 10.1 Å². The van der Waals surface area contributed by atoms with Crippen LogP contribution in [-0.4, -0.2) is 60.2 Å². The van der Waals surface area contributed by atoms with Gasteiger partial charge in [0.1, 0.15) is 5.75 Å². The summed E-state index contributed by atoms with van der Waals surface area (Å²) in [7, 11) is 1.58. The minimum atomic E-state index is -0.250. The van der Waals surface area contributed by atoms with Gasteiger partial charge in [-0.1, -0.05) is 41.4 Å². The number of halogens is 2. The molecule has 2 aromatic carbocycles. The highest BCUT2D eigenvalue weighted by Gasteiger charge is 2.44. The van der Waals surface area contributed by atoms with Crippen LogP contribution >= 0.6 is 35.0 Å². The van der Waals surface area contributed by atoms with E-state index in [2.05, 4.69) is 16.0 Å². The van der Waals surface area contributed by atoms with Gasteiger partial charge in [0.05, 0.1) is 23.7 Å². The van der Waals surface area contributed by atoms with Crippen molar-refractivity contribution in [2.45, 2.75) is 30.2 Å². The van der Waals surface area contributed by atoms with Crippen molar-refractivity contribution in [1.82, 2.24) is 15.5 Å². The normalized spacial score (nSPS) is 19.1. The second kappa shape index (κ2) is 11.1. The fourth-order valence-corrected chi connectivity index (χ4v) is 6.18. The van der Waals surface area contributed by atoms with Gasteiger partial charge in [0.25, 0.3) is 0 Å². The molecule has 4 rings (SSSR count). The number of amides is 3. The number of carbonyl (C=O) groups excluding carboxylic acids is 2. The third-order valence-electron chi connectivity index (χ3n) is 6.20. The number of thioether (sulfide) groups is 1. The Hall–Kier alpha value is -2.13. The predicted octanol–water partition coefficient (Wildman–Crippen LogP) is 4.39. The molecule has 34 heavy (non-hydrogen) atoms. The first-order chi connectivity index (χ1) is 16.4. The smallest absolute Gasteiger partial charge is 0.321 e. The third kappa shape index (κ3) is 5.92. The molecule has 1 atom stereocenters. The zero-order valence-corrected chi connectivity index (χ0v) is 21.2. The van der Waals surface area contributed by atoms with Gasteiger partial charge in [-0.05, 0) is 49.1 Å². The van der Waals surface area contributed by atoms with Crippen molar-refractivity contribution < 1.29 is 14.3 Å². The van der Waals surface area contributed by atoms with E-state index in [4.69, 9.17) is 27.9 Å². The molecule has 1 spiro atoms. The summed E-state index contributed by atoms with van der Waals surface area (Å²) in [5.74, 6) is 1.33. The Morgan fingerprint density at radius 1 is 1.21 bits per heavy atom. The zero-order valence-electron chi connectivity index (χ0n) is 18.9. The Kier molecular flexibility index (Phi) is 8.14. The summed E-state index contributed by atoms with van der Waals surface area (Å²) in [6, 6.07) is 12.4. The number of nitrogens with one attached hydrogen (secondary N) is 3. The summed E-state index contributed by atoms with van der Waals surface area (Å²) in [5, 5.41) is 10.7. The summed E-state index contributed by atoms with van der Waals surface area (Å²) in [6.45, 7) is 1.74. The number of para-hydroxylation sites is 2. The second-order valence-corrected chi connectivity index (χ2v) is 10.6. The van der Waals surface area contributed by atoms with Crippen molar-refractivity contribution in [1.29, 1.82) is 0 Å². The molecule has 2 fully saturated rings. The van der Waals surface area contributed by atoms with E-state index in [9.17, 15) is 9.59 Å². The molecule has 0 saturated carbocycles. The minimum absolute atomic E-state index is 0.00851. The van der Waals surface area contributed by atoms with Crippen molar-refractivity contribution in [3.8, 4) is 5.75 Å². The molecule has 2 aliphatic heterocycles. The van der Waals surface area contributed by atoms with Crippen LogP contribution in [0.5, 0.6) is 5.75 Å². The van der Waals surface area contributed by atoms with Crippen molar-refractivity contribution in [3.63, 3.8) is 0 Å². The lowest BCUT2D eigenvalue weighted by atomic mass is 10.0. The zero-order chi connectivity index (χ0) is 24.1. The quantitative estimate of drug-likeness (QED) is 0.523. The van der Waals surface area contributed by atoms with Gasteiger partial charge in [-0.15, -0.1) is 11.8 Å². The van der Waals surface area contributed by atoms with Gasteiger partial charge >= 0.3 is 6.03 Å². The topological polar surface area (TPSA) is 82.7 Å². The van der Waals surface area contributed by atoms with Crippen LogP contribution in [0, 0.1) is 0 Å². The van der Waals surface area contributed by atoms with Crippen LogP contribution in [0.4, 0.5) is 10.5 Å². The summed E-state index contributed by atoms with van der Waals surface area (Å²) >= 11 is 13.9. The molecule has 0 radical (unpaired) electrons. The summed E-state index contributed by atoms with van der Waals surface area (Å²) in [6.07, 6.45) is 2.20. The van der Waals surface area contributed by atoms with Gasteiger partial charge in [-0.25, -0.2) is 4.79 Å². The third-order valence-corrected chi connectivity index (χ3v) is 8.36. The van der Waals surface area contributed by atoms with E-state index in [-0.39, 0.29) is 22.9 Å². The maximum absolute atomic E-state index is 12.7. The van der Waals surface area contributed by atoms with E-state index >= 15 is 0 Å². The number of ether oxygens (including phenoxy) is 1. The van der Waals surface area contributed by atoms with Gasteiger partial charge in [-0.2, -0.15) is 0 Å². The number of hydrogen-bond acceptors (Lipinski definition) is 5. The van der Waals surface area contributed by atoms with Crippen LogP contribution in [-0.2, 0) is 11.2 Å². The predicted molar refractivity (Wildman–Crippen MR) is 138 cm³/mol. The van der Waals surface area contributed by atoms with Crippen LogP contribution in [0.1, 0.15) is 18.4 Å². The SMILES string of the molecule is COc1ccccc1NC(=O)N1CCC2(CC1)NC(C(=O)NCCc1ccc(Cl)cc1Cl)CS2. The lowest BCUT2D eigenvalue weighted by Gasteiger charge is -2.39. The molecule has 182 valence electrons. The average Bonchev–Trinajstić information content (AvgIpc) is 3.24. The van der Waals surface area contributed by atoms with Crippen molar-refractivity contribution >= 4 is 52.6 Å². The fraction of sp³-hybridized carbons (Fsp3) is 0.417. The summed E-state index contributed by atoms with van der Waals surface area (Å²) in [4.78, 5) is 27.1. The number of rotatable bonds is 6. The molecule has 1 unspecified atom stereocenters. The lowest BCUT2D eigenvalue weighted by Crippen LogP contribution is -2.55. The van der Waals surface area contributed by atoms with Gasteiger partial charge in [0.2, 0.25) is 5.91 Å². The number of nitrogens with zero attached hydrogens (tertiary/aromatic N) is 1. The molecule has 10 heteroatoms. The molecule has 7 nitrogen and oxygen atoms in total. The van der Waals surface area contributed by atoms with Gasteiger partial charge in [0.15, 0.2) is 0 Å². The average molecular weight is 523 g/mol. The molecule has 2 aliphatic rings. The number of piperidine rings is 1. The molecule has 2 saturated heterocycles. The molecular weight excluding hydrogens is 495 g/mol. The van der Waals surface area contributed by atoms with Crippen LogP contribution in [0.15, 0.2) is 42.5 Å². The van der Waals surface area contributed by atoms with E-state index in [0.717, 1.165) is 18.4 Å². The number of carbonyl (C=O) groups is 2.